The summed E-state index contributed by atoms with van der Waals surface area (Å²) in [5.41, 5.74) is 0.945. The summed E-state index contributed by atoms with van der Waals surface area (Å²) >= 11 is 9.47. The van der Waals surface area contributed by atoms with Crippen LogP contribution in [0.2, 0.25) is 5.02 Å². The average molecular weight is 322 g/mol. The van der Waals surface area contributed by atoms with Crippen molar-refractivity contribution in [1.82, 2.24) is 0 Å². The summed E-state index contributed by atoms with van der Waals surface area (Å²) in [5.74, 6) is 0. The van der Waals surface area contributed by atoms with Crippen molar-refractivity contribution >= 4 is 27.5 Å². The molecule has 0 radical (unpaired) electrons. The van der Waals surface area contributed by atoms with Crippen LogP contribution in [0.25, 0.3) is 0 Å². The van der Waals surface area contributed by atoms with E-state index in [1.165, 1.54) is 0 Å². The first-order valence-corrected chi connectivity index (χ1v) is 6.99. The fourth-order valence-corrected chi connectivity index (χ4v) is 2.51. The van der Waals surface area contributed by atoms with Crippen LogP contribution in [0.3, 0.4) is 0 Å². The average Bonchev–Trinajstić information content (AvgIpc) is 2.29. The Kier molecular flexibility index (Phi) is 6.49. The van der Waals surface area contributed by atoms with Gasteiger partial charge in [-0.05, 0) is 31.0 Å². The lowest BCUT2D eigenvalue weighted by Gasteiger charge is -2.22. The summed E-state index contributed by atoms with van der Waals surface area (Å²) < 4.78 is 6.43. The molecule has 2 atom stereocenters. The zero-order chi connectivity index (χ0) is 12.8. The summed E-state index contributed by atoms with van der Waals surface area (Å²) in [5, 5.41) is 10.8. The number of ether oxygens (including phenoxy) is 1. The van der Waals surface area contributed by atoms with Gasteiger partial charge >= 0.3 is 0 Å². The van der Waals surface area contributed by atoms with E-state index in [-0.39, 0.29) is 6.10 Å². The van der Waals surface area contributed by atoms with Crippen LogP contribution in [0.15, 0.2) is 22.7 Å². The van der Waals surface area contributed by atoms with Crippen molar-refractivity contribution in [2.45, 2.75) is 38.9 Å². The first kappa shape index (κ1) is 15.0. The van der Waals surface area contributed by atoms with Crippen molar-refractivity contribution in [1.29, 1.82) is 0 Å². The standard InChI is InChI=1S/C13H18BrClO2/c1-3-13(17-4-2)12(16)7-9-5-6-10(14)8-11(9)15/h5-6,8,12-13,16H,3-4,7H2,1-2H3. The smallest absolute Gasteiger partial charge is 0.0842 e. The molecule has 0 aliphatic carbocycles. The van der Waals surface area contributed by atoms with Gasteiger partial charge < -0.3 is 9.84 Å². The Morgan fingerprint density at radius 3 is 2.65 bits per heavy atom. The van der Waals surface area contributed by atoms with Crippen molar-refractivity contribution in [2.75, 3.05) is 6.61 Å². The summed E-state index contributed by atoms with van der Waals surface area (Å²) in [6, 6.07) is 5.69. The molecule has 0 amide bonds. The first-order valence-electron chi connectivity index (χ1n) is 5.82. The van der Waals surface area contributed by atoms with E-state index in [9.17, 15) is 5.11 Å². The maximum atomic E-state index is 10.1. The highest BCUT2D eigenvalue weighted by Crippen LogP contribution is 2.23. The van der Waals surface area contributed by atoms with E-state index in [2.05, 4.69) is 15.9 Å². The molecule has 0 saturated heterocycles. The molecule has 1 N–H and O–H groups in total. The topological polar surface area (TPSA) is 29.5 Å². The van der Waals surface area contributed by atoms with Crippen LogP contribution in [-0.2, 0) is 11.2 Å². The van der Waals surface area contributed by atoms with Gasteiger partial charge in [0.1, 0.15) is 0 Å². The fourth-order valence-electron chi connectivity index (χ4n) is 1.76. The van der Waals surface area contributed by atoms with E-state index in [4.69, 9.17) is 16.3 Å². The minimum atomic E-state index is -0.515. The number of aliphatic hydroxyl groups is 1. The minimum absolute atomic E-state index is 0.125. The number of halogens is 2. The zero-order valence-electron chi connectivity index (χ0n) is 10.1. The van der Waals surface area contributed by atoms with Gasteiger partial charge in [-0.2, -0.15) is 0 Å². The highest BCUT2D eigenvalue weighted by molar-refractivity contribution is 9.10. The summed E-state index contributed by atoms with van der Waals surface area (Å²) in [6.45, 7) is 4.55. The van der Waals surface area contributed by atoms with Crippen LogP contribution >= 0.6 is 27.5 Å². The molecule has 1 aromatic carbocycles. The van der Waals surface area contributed by atoms with Gasteiger partial charge in [-0.15, -0.1) is 0 Å². The molecule has 0 aliphatic rings. The molecular weight excluding hydrogens is 303 g/mol. The molecule has 0 fully saturated rings. The van der Waals surface area contributed by atoms with E-state index >= 15 is 0 Å². The largest absolute Gasteiger partial charge is 0.390 e. The monoisotopic (exact) mass is 320 g/mol. The van der Waals surface area contributed by atoms with Gasteiger partial charge in [-0.25, -0.2) is 0 Å². The summed E-state index contributed by atoms with van der Waals surface area (Å²) in [7, 11) is 0. The number of hydrogen-bond acceptors (Lipinski definition) is 2. The highest BCUT2D eigenvalue weighted by atomic mass is 79.9. The number of aliphatic hydroxyl groups excluding tert-OH is 1. The number of hydrogen-bond donors (Lipinski definition) is 1. The van der Waals surface area contributed by atoms with Gasteiger partial charge in [-0.3, -0.25) is 0 Å². The Hall–Kier alpha value is -0.0900. The van der Waals surface area contributed by atoms with Crippen LogP contribution in [0.1, 0.15) is 25.8 Å². The lowest BCUT2D eigenvalue weighted by Crippen LogP contribution is -2.30. The maximum Gasteiger partial charge on any atom is 0.0842 e. The molecule has 96 valence electrons. The maximum absolute atomic E-state index is 10.1. The number of benzene rings is 1. The van der Waals surface area contributed by atoms with Gasteiger partial charge in [0.05, 0.1) is 12.2 Å². The van der Waals surface area contributed by atoms with Gasteiger partial charge in [0.15, 0.2) is 0 Å². The van der Waals surface area contributed by atoms with Crippen LogP contribution in [-0.4, -0.2) is 23.9 Å². The molecule has 4 heteroatoms. The number of rotatable bonds is 6. The van der Waals surface area contributed by atoms with Crippen molar-refractivity contribution in [3.05, 3.63) is 33.3 Å². The molecule has 0 aliphatic heterocycles. The quantitative estimate of drug-likeness (QED) is 0.863. The Bertz CT molecular complexity index is 357. The second kappa shape index (κ2) is 7.37. The van der Waals surface area contributed by atoms with Gasteiger partial charge in [-0.1, -0.05) is 40.5 Å². The Labute approximate surface area is 116 Å². The molecule has 0 bridgehead atoms. The van der Waals surface area contributed by atoms with Crippen LogP contribution in [0.4, 0.5) is 0 Å². The summed E-state index contributed by atoms with van der Waals surface area (Å²) in [4.78, 5) is 0. The van der Waals surface area contributed by atoms with Crippen molar-refractivity contribution < 1.29 is 9.84 Å². The first-order chi connectivity index (χ1) is 8.08. The third kappa shape index (κ3) is 4.59. The van der Waals surface area contributed by atoms with Crippen LogP contribution in [0, 0.1) is 0 Å². The molecule has 0 saturated carbocycles. The fraction of sp³-hybridized carbons (Fsp3) is 0.538. The molecule has 0 aromatic heterocycles. The third-order valence-electron chi connectivity index (χ3n) is 2.66. The highest BCUT2D eigenvalue weighted by Gasteiger charge is 2.19. The van der Waals surface area contributed by atoms with Crippen molar-refractivity contribution in [3.8, 4) is 0 Å². The molecule has 17 heavy (non-hydrogen) atoms. The van der Waals surface area contributed by atoms with Gasteiger partial charge in [0.25, 0.3) is 0 Å². The second-order valence-corrected chi connectivity index (χ2v) is 5.23. The van der Waals surface area contributed by atoms with Crippen LogP contribution in [0.5, 0.6) is 0 Å². The van der Waals surface area contributed by atoms with Crippen molar-refractivity contribution in [3.63, 3.8) is 0 Å². The lowest BCUT2D eigenvalue weighted by atomic mass is 10.0. The van der Waals surface area contributed by atoms with Crippen LogP contribution < -0.4 is 0 Å². The normalized spacial score (nSPS) is 14.6. The van der Waals surface area contributed by atoms with E-state index < -0.39 is 6.10 Å². The predicted molar refractivity (Wildman–Crippen MR) is 74.6 cm³/mol. The summed E-state index contributed by atoms with van der Waals surface area (Å²) in [6.07, 6.45) is 0.673. The zero-order valence-corrected chi connectivity index (χ0v) is 12.5. The van der Waals surface area contributed by atoms with Gasteiger partial charge in [0.2, 0.25) is 0 Å². The SMILES string of the molecule is CCOC(CC)C(O)Cc1ccc(Br)cc1Cl. The van der Waals surface area contributed by atoms with E-state index in [1.54, 1.807) is 0 Å². The van der Waals surface area contributed by atoms with E-state index in [0.717, 1.165) is 16.5 Å². The molecular formula is C13H18BrClO2. The molecule has 0 heterocycles. The second-order valence-electron chi connectivity index (χ2n) is 3.91. The Morgan fingerprint density at radius 1 is 1.41 bits per heavy atom. The minimum Gasteiger partial charge on any atom is -0.390 e. The molecule has 0 spiro atoms. The van der Waals surface area contributed by atoms with Gasteiger partial charge in [0, 0.05) is 22.5 Å². The molecule has 2 unspecified atom stereocenters. The third-order valence-corrected chi connectivity index (χ3v) is 3.50. The van der Waals surface area contributed by atoms with E-state index in [1.807, 2.05) is 32.0 Å². The molecule has 1 rings (SSSR count). The Balaban J connectivity index is 2.69. The van der Waals surface area contributed by atoms with Crippen molar-refractivity contribution in [2.24, 2.45) is 0 Å². The predicted octanol–water partition coefficient (Wildman–Crippen LogP) is 3.82. The van der Waals surface area contributed by atoms with E-state index in [0.29, 0.717) is 18.1 Å². The molecule has 2 nitrogen and oxygen atoms in total. The molecule has 1 aromatic rings. The lowest BCUT2D eigenvalue weighted by molar-refractivity contribution is -0.0334. The Morgan fingerprint density at radius 2 is 2.12 bits per heavy atom.